The van der Waals surface area contributed by atoms with E-state index in [1.807, 2.05) is 24.3 Å². The predicted octanol–water partition coefficient (Wildman–Crippen LogP) is 2.33. The maximum Gasteiger partial charge on any atom is 0.252 e. The normalized spacial score (nSPS) is 14.4. The number of aromatic nitrogens is 1. The number of fused-ring (bicyclic) bond motifs is 1. The lowest BCUT2D eigenvalue weighted by atomic mass is 10.1. The van der Waals surface area contributed by atoms with Gasteiger partial charge in [-0.25, -0.2) is 8.42 Å². The van der Waals surface area contributed by atoms with Gasteiger partial charge >= 0.3 is 0 Å². The van der Waals surface area contributed by atoms with Crippen LogP contribution in [0.15, 0.2) is 58.2 Å². The molecule has 35 heavy (non-hydrogen) atoms. The van der Waals surface area contributed by atoms with Crippen LogP contribution in [0.4, 0.5) is 5.69 Å². The Labute approximate surface area is 204 Å². The van der Waals surface area contributed by atoms with Crippen LogP contribution in [0.2, 0.25) is 0 Å². The molecule has 4 rings (SSSR count). The van der Waals surface area contributed by atoms with Gasteiger partial charge in [-0.1, -0.05) is 26.0 Å². The van der Waals surface area contributed by atoms with Gasteiger partial charge in [-0.05, 0) is 35.9 Å². The molecule has 0 atom stereocenters. The van der Waals surface area contributed by atoms with Crippen LogP contribution in [0.25, 0.3) is 10.9 Å². The van der Waals surface area contributed by atoms with Crippen LogP contribution in [0, 0.1) is 0 Å². The van der Waals surface area contributed by atoms with Gasteiger partial charge in [-0.3, -0.25) is 9.59 Å². The summed E-state index contributed by atoms with van der Waals surface area (Å²) in [5.41, 5.74) is 2.11. The summed E-state index contributed by atoms with van der Waals surface area (Å²) in [6.07, 6.45) is 0. The molecule has 0 unspecified atom stereocenters. The zero-order valence-electron chi connectivity index (χ0n) is 19.9. The molecule has 2 N–H and O–H groups in total. The van der Waals surface area contributed by atoms with Crippen molar-refractivity contribution in [2.24, 2.45) is 0 Å². The molecular weight excluding hydrogens is 468 g/mol. The monoisotopic (exact) mass is 498 g/mol. The van der Waals surface area contributed by atoms with Gasteiger partial charge in [0.1, 0.15) is 0 Å². The number of nitrogens with zero attached hydrogens (tertiary/aromatic N) is 2. The molecule has 0 aliphatic carbocycles. The Morgan fingerprint density at radius 1 is 1.06 bits per heavy atom. The van der Waals surface area contributed by atoms with Gasteiger partial charge in [0, 0.05) is 55.4 Å². The van der Waals surface area contributed by atoms with Gasteiger partial charge in [0.05, 0.1) is 23.7 Å². The van der Waals surface area contributed by atoms with Gasteiger partial charge in [0.15, 0.2) is 0 Å². The fraction of sp³-hybridized carbons (Fsp3) is 0.360. The molecule has 0 radical (unpaired) electrons. The third-order valence-electron chi connectivity index (χ3n) is 6.17. The molecule has 3 aromatic rings. The van der Waals surface area contributed by atoms with Crippen LogP contribution in [0.3, 0.4) is 0 Å². The Kier molecular flexibility index (Phi) is 7.54. The topological polar surface area (TPSA) is 112 Å². The van der Waals surface area contributed by atoms with Crippen molar-refractivity contribution in [2.75, 3.05) is 44.3 Å². The van der Waals surface area contributed by atoms with Crippen LogP contribution in [-0.2, 0) is 21.3 Å². The van der Waals surface area contributed by atoms with E-state index in [1.165, 1.54) is 28.6 Å². The Morgan fingerprint density at radius 3 is 2.40 bits per heavy atom. The molecule has 10 heteroatoms. The second-order valence-electron chi connectivity index (χ2n) is 8.29. The van der Waals surface area contributed by atoms with Crippen molar-refractivity contribution in [1.82, 2.24) is 14.6 Å². The molecule has 1 saturated heterocycles. The third-order valence-corrected chi connectivity index (χ3v) is 8.21. The number of H-pyrrole nitrogens is 1. The molecule has 0 bridgehead atoms. The number of hydrogen-bond acceptors (Lipinski definition) is 6. The number of sulfonamides is 1. The van der Waals surface area contributed by atoms with Crippen molar-refractivity contribution in [3.8, 4) is 0 Å². The number of morpholine rings is 1. The molecule has 2 heterocycles. The van der Waals surface area contributed by atoms with E-state index >= 15 is 0 Å². The summed E-state index contributed by atoms with van der Waals surface area (Å²) in [5, 5.41) is 3.22. The highest BCUT2D eigenvalue weighted by Crippen LogP contribution is 2.23. The van der Waals surface area contributed by atoms with Crippen LogP contribution in [0.5, 0.6) is 0 Å². The first-order valence-corrected chi connectivity index (χ1v) is 13.1. The second-order valence-corrected chi connectivity index (χ2v) is 10.2. The first-order chi connectivity index (χ1) is 16.8. The molecule has 0 saturated carbocycles. The average molecular weight is 499 g/mol. The molecule has 9 nitrogen and oxygen atoms in total. The highest BCUT2D eigenvalue weighted by atomic mass is 32.2. The number of pyridine rings is 1. The highest BCUT2D eigenvalue weighted by Gasteiger charge is 2.23. The van der Waals surface area contributed by atoms with Crippen molar-refractivity contribution < 1.29 is 17.9 Å². The highest BCUT2D eigenvalue weighted by molar-refractivity contribution is 7.89. The smallest absolute Gasteiger partial charge is 0.252 e. The van der Waals surface area contributed by atoms with Gasteiger partial charge in [-0.2, -0.15) is 4.31 Å². The van der Waals surface area contributed by atoms with E-state index in [2.05, 4.69) is 15.2 Å². The Hall–Kier alpha value is -3.21. The predicted molar refractivity (Wildman–Crippen MR) is 135 cm³/mol. The fourth-order valence-corrected chi connectivity index (χ4v) is 5.70. The molecule has 2 aromatic carbocycles. The fourth-order valence-electron chi connectivity index (χ4n) is 4.22. The molecule has 0 spiro atoms. The third kappa shape index (κ3) is 5.39. The first-order valence-electron chi connectivity index (χ1n) is 11.7. The zero-order valence-corrected chi connectivity index (χ0v) is 20.7. The average Bonchev–Trinajstić information content (AvgIpc) is 2.88. The van der Waals surface area contributed by atoms with Crippen LogP contribution in [-0.4, -0.2) is 63.0 Å². The summed E-state index contributed by atoms with van der Waals surface area (Å²) in [4.78, 5) is 30.2. The first kappa shape index (κ1) is 24.9. The van der Waals surface area contributed by atoms with Gasteiger partial charge in [0.25, 0.3) is 5.91 Å². The number of rotatable bonds is 8. The number of ether oxygens (including phenoxy) is 1. The van der Waals surface area contributed by atoms with Gasteiger partial charge < -0.3 is 19.9 Å². The molecular formula is C25H30N4O5S. The second kappa shape index (κ2) is 10.6. The van der Waals surface area contributed by atoms with E-state index in [0.29, 0.717) is 37.2 Å². The summed E-state index contributed by atoms with van der Waals surface area (Å²) in [6, 6.07) is 13.6. The number of hydrogen-bond donors (Lipinski definition) is 2. The van der Waals surface area contributed by atoms with E-state index in [1.54, 1.807) is 13.8 Å². The molecule has 1 aromatic heterocycles. The zero-order chi connectivity index (χ0) is 25.0. The number of aromatic amines is 1. The van der Waals surface area contributed by atoms with Crippen molar-refractivity contribution in [3.05, 3.63) is 70.0 Å². The summed E-state index contributed by atoms with van der Waals surface area (Å²) in [7, 11) is -3.72. The molecule has 1 aliphatic rings. The van der Waals surface area contributed by atoms with Gasteiger partial charge in [-0.15, -0.1) is 0 Å². The quantitative estimate of drug-likeness (QED) is 0.493. The largest absolute Gasteiger partial charge is 0.378 e. The minimum Gasteiger partial charge on any atom is -0.378 e. The molecule has 186 valence electrons. The van der Waals surface area contributed by atoms with Crippen molar-refractivity contribution in [1.29, 1.82) is 0 Å². The number of carbonyl (C=O) groups excluding carboxylic acids is 1. The van der Waals surface area contributed by atoms with Crippen LogP contribution < -0.4 is 15.8 Å². The number of amides is 1. The Morgan fingerprint density at radius 2 is 1.74 bits per heavy atom. The minimum absolute atomic E-state index is 0.0773. The Balaban J connectivity index is 1.56. The van der Waals surface area contributed by atoms with E-state index in [-0.39, 0.29) is 17.0 Å². The van der Waals surface area contributed by atoms with Crippen LogP contribution in [0.1, 0.15) is 29.8 Å². The standard InChI is InChI=1S/C25H30N4O5S/c1-3-29(4-2)35(32,33)20-9-10-23-21(15-20)22(16-24(30)27-23)25(31)26-17-18-5-7-19(8-6-18)28-11-13-34-14-12-28/h5-10,15-16H,3-4,11-14,17H2,1-2H3,(H,26,31)(H,27,30). The summed E-state index contributed by atoms with van der Waals surface area (Å²) in [5.74, 6) is -0.448. The summed E-state index contributed by atoms with van der Waals surface area (Å²) >= 11 is 0. The number of carbonyl (C=O) groups is 1. The SMILES string of the molecule is CCN(CC)S(=O)(=O)c1ccc2[nH]c(=O)cc(C(=O)NCc3ccc(N4CCOCC4)cc3)c2c1. The van der Waals surface area contributed by atoms with Crippen molar-refractivity contribution in [3.63, 3.8) is 0 Å². The number of nitrogens with one attached hydrogen (secondary N) is 2. The van der Waals surface area contributed by atoms with Crippen molar-refractivity contribution in [2.45, 2.75) is 25.3 Å². The van der Waals surface area contributed by atoms with E-state index < -0.39 is 21.5 Å². The van der Waals surface area contributed by atoms with Gasteiger partial charge in [0.2, 0.25) is 15.6 Å². The summed E-state index contributed by atoms with van der Waals surface area (Å²) in [6.45, 7) is 7.58. The Bertz CT molecular complexity index is 1360. The molecule has 1 amide bonds. The number of anilines is 1. The maximum atomic E-state index is 13.1. The van der Waals surface area contributed by atoms with Crippen molar-refractivity contribution >= 4 is 32.5 Å². The lowest BCUT2D eigenvalue weighted by Gasteiger charge is -2.28. The molecule has 1 fully saturated rings. The lowest BCUT2D eigenvalue weighted by molar-refractivity contribution is 0.0952. The van der Waals surface area contributed by atoms with Crippen LogP contribution >= 0.6 is 0 Å². The molecule has 1 aliphatic heterocycles. The summed E-state index contributed by atoms with van der Waals surface area (Å²) < 4.78 is 32.7. The van der Waals surface area contributed by atoms with E-state index in [9.17, 15) is 18.0 Å². The van der Waals surface area contributed by atoms with E-state index in [0.717, 1.165) is 24.3 Å². The lowest BCUT2D eigenvalue weighted by Crippen LogP contribution is -2.36. The maximum absolute atomic E-state index is 13.1. The minimum atomic E-state index is -3.72. The number of benzene rings is 2. The van der Waals surface area contributed by atoms with E-state index in [4.69, 9.17) is 4.74 Å².